The smallest absolute Gasteiger partial charge is 0.407 e. The molecule has 1 atom stereocenters. The third-order valence-corrected chi connectivity index (χ3v) is 3.27. The summed E-state index contributed by atoms with van der Waals surface area (Å²) in [7, 11) is 0. The molecular formula is C17H25N3O3. The second kappa shape index (κ2) is 6.89. The molecule has 0 aliphatic heterocycles. The molecule has 0 bridgehead atoms. The standard InChI is InChI=1S/C17H25N3O3/c1-11(2)13(20-16(21)23-17(3,4)5)10-18-15-19-12-8-6-7-9-14(12)22-15/h6-9,11,13H,10H2,1-5H3,(H,18,19)(H,20,21). The van der Waals surface area contributed by atoms with Crippen LogP contribution < -0.4 is 10.6 Å². The molecule has 1 aromatic carbocycles. The van der Waals surface area contributed by atoms with Gasteiger partial charge in [0, 0.05) is 6.54 Å². The number of oxazole rings is 1. The van der Waals surface area contributed by atoms with Crippen LogP contribution in [0.2, 0.25) is 0 Å². The number of rotatable bonds is 5. The fourth-order valence-corrected chi connectivity index (χ4v) is 2.06. The molecule has 0 saturated heterocycles. The van der Waals surface area contributed by atoms with E-state index in [2.05, 4.69) is 15.6 Å². The highest BCUT2D eigenvalue weighted by Gasteiger charge is 2.21. The fourth-order valence-electron chi connectivity index (χ4n) is 2.06. The first-order valence-electron chi connectivity index (χ1n) is 7.83. The number of fused-ring (bicyclic) bond motifs is 1. The van der Waals surface area contributed by atoms with Crippen LogP contribution in [0.5, 0.6) is 0 Å². The van der Waals surface area contributed by atoms with Crippen molar-refractivity contribution < 1.29 is 13.9 Å². The van der Waals surface area contributed by atoms with Crippen LogP contribution in [0.3, 0.4) is 0 Å². The molecule has 2 aromatic rings. The van der Waals surface area contributed by atoms with Crippen molar-refractivity contribution in [2.45, 2.75) is 46.3 Å². The zero-order valence-corrected chi connectivity index (χ0v) is 14.3. The maximum Gasteiger partial charge on any atom is 0.407 e. The van der Waals surface area contributed by atoms with Crippen LogP contribution in [0.4, 0.5) is 10.8 Å². The second-order valence-electron chi connectivity index (χ2n) is 6.86. The maximum atomic E-state index is 11.9. The molecule has 0 aliphatic rings. The summed E-state index contributed by atoms with van der Waals surface area (Å²) in [5, 5.41) is 6.02. The molecule has 1 aromatic heterocycles. The van der Waals surface area contributed by atoms with Crippen molar-refractivity contribution >= 4 is 23.2 Å². The van der Waals surface area contributed by atoms with E-state index in [-0.39, 0.29) is 12.0 Å². The Morgan fingerprint density at radius 3 is 2.61 bits per heavy atom. The van der Waals surface area contributed by atoms with Crippen LogP contribution in [0.1, 0.15) is 34.6 Å². The zero-order chi connectivity index (χ0) is 17.0. The van der Waals surface area contributed by atoms with E-state index < -0.39 is 11.7 Å². The summed E-state index contributed by atoms with van der Waals surface area (Å²) in [6.45, 7) is 10.1. The minimum absolute atomic E-state index is 0.0973. The lowest BCUT2D eigenvalue weighted by Crippen LogP contribution is -2.45. The van der Waals surface area contributed by atoms with Crippen LogP contribution in [0.25, 0.3) is 11.1 Å². The summed E-state index contributed by atoms with van der Waals surface area (Å²) in [5.74, 6) is 0.236. The largest absolute Gasteiger partial charge is 0.444 e. The predicted molar refractivity (Wildman–Crippen MR) is 90.5 cm³/mol. The molecular weight excluding hydrogens is 294 g/mol. The Bertz CT molecular complexity index is 625. The number of nitrogens with zero attached hydrogens (tertiary/aromatic N) is 1. The lowest BCUT2D eigenvalue weighted by atomic mass is 10.1. The SMILES string of the molecule is CC(C)C(CNc1nc2ccccc2o1)NC(=O)OC(C)(C)C. The van der Waals surface area contributed by atoms with E-state index in [1.807, 2.05) is 58.9 Å². The van der Waals surface area contributed by atoms with Gasteiger partial charge in [0.05, 0.1) is 6.04 Å². The highest BCUT2D eigenvalue weighted by molar-refractivity contribution is 5.74. The third-order valence-electron chi connectivity index (χ3n) is 3.27. The first-order valence-corrected chi connectivity index (χ1v) is 7.83. The van der Waals surface area contributed by atoms with Crippen molar-refractivity contribution in [3.63, 3.8) is 0 Å². The van der Waals surface area contributed by atoms with Crippen LogP contribution in [-0.4, -0.2) is 29.3 Å². The van der Waals surface area contributed by atoms with Crippen molar-refractivity contribution in [3.05, 3.63) is 24.3 Å². The van der Waals surface area contributed by atoms with E-state index in [4.69, 9.17) is 9.15 Å². The van der Waals surface area contributed by atoms with E-state index in [0.717, 1.165) is 11.1 Å². The van der Waals surface area contributed by atoms with Gasteiger partial charge in [-0.1, -0.05) is 26.0 Å². The Morgan fingerprint density at radius 2 is 2.00 bits per heavy atom. The number of nitrogens with one attached hydrogen (secondary N) is 2. The summed E-state index contributed by atoms with van der Waals surface area (Å²) in [6.07, 6.45) is -0.421. The van der Waals surface area contributed by atoms with Gasteiger partial charge in [-0.3, -0.25) is 0 Å². The molecule has 0 saturated carbocycles. The second-order valence-corrected chi connectivity index (χ2v) is 6.86. The highest BCUT2D eigenvalue weighted by atomic mass is 16.6. The monoisotopic (exact) mass is 319 g/mol. The van der Waals surface area contributed by atoms with Crippen molar-refractivity contribution in [2.24, 2.45) is 5.92 Å². The molecule has 126 valence electrons. The molecule has 0 spiro atoms. The molecule has 0 aliphatic carbocycles. The van der Waals surface area contributed by atoms with Gasteiger partial charge in [-0.15, -0.1) is 0 Å². The van der Waals surface area contributed by atoms with Crippen molar-refractivity contribution in [1.29, 1.82) is 0 Å². The molecule has 2 rings (SSSR count). The number of anilines is 1. The van der Waals surface area contributed by atoms with Gasteiger partial charge < -0.3 is 19.8 Å². The van der Waals surface area contributed by atoms with Crippen LogP contribution >= 0.6 is 0 Å². The number of aromatic nitrogens is 1. The summed E-state index contributed by atoms with van der Waals surface area (Å²) in [6, 6.07) is 7.92. The van der Waals surface area contributed by atoms with E-state index in [9.17, 15) is 4.79 Å². The third kappa shape index (κ3) is 5.16. The number of amides is 1. The number of alkyl carbamates (subject to hydrolysis) is 1. The van der Waals surface area contributed by atoms with Gasteiger partial charge >= 0.3 is 6.09 Å². The molecule has 6 heteroatoms. The van der Waals surface area contributed by atoms with Gasteiger partial charge in [-0.2, -0.15) is 4.98 Å². The summed E-state index contributed by atoms with van der Waals surface area (Å²) in [5.41, 5.74) is 1.02. The zero-order valence-electron chi connectivity index (χ0n) is 14.3. The number of hydrogen-bond donors (Lipinski definition) is 2. The quantitative estimate of drug-likeness (QED) is 0.877. The Hall–Kier alpha value is -2.24. The highest BCUT2D eigenvalue weighted by Crippen LogP contribution is 2.18. The van der Waals surface area contributed by atoms with E-state index in [1.54, 1.807) is 0 Å². The average molecular weight is 319 g/mol. The number of ether oxygens (including phenoxy) is 1. The number of carbonyl (C=O) groups is 1. The van der Waals surface area contributed by atoms with E-state index in [1.165, 1.54) is 0 Å². The molecule has 2 N–H and O–H groups in total. The topological polar surface area (TPSA) is 76.4 Å². The van der Waals surface area contributed by atoms with Crippen molar-refractivity contribution in [1.82, 2.24) is 10.3 Å². The van der Waals surface area contributed by atoms with Crippen LogP contribution in [0, 0.1) is 5.92 Å². The molecule has 0 radical (unpaired) electrons. The van der Waals surface area contributed by atoms with Crippen LogP contribution in [0.15, 0.2) is 28.7 Å². The number of benzene rings is 1. The number of para-hydroxylation sites is 2. The summed E-state index contributed by atoms with van der Waals surface area (Å²) in [4.78, 5) is 16.3. The van der Waals surface area contributed by atoms with Gasteiger partial charge in [0.15, 0.2) is 5.58 Å². The molecule has 23 heavy (non-hydrogen) atoms. The Kier molecular flexibility index (Phi) is 5.13. The average Bonchev–Trinajstić information content (AvgIpc) is 2.83. The molecule has 0 fully saturated rings. The van der Waals surface area contributed by atoms with Crippen molar-refractivity contribution in [3.8, 4) is 0 Å². The van der Waals surface area contributed by atoms with Gasteiger partial charge in [0.1, 0.15) is 11.1 Å². The molecule has 1 unspecified atom stereocenters. The first-order chi connectivity index (χ1) is 10.7. The van der Waals surface area contributed by atoms with E-state index >= 15 is 0 Å². The number of hydrogen-bond acceptors (Lipinski definition) is 5. The molecule has 1 amide bonds. The normalized spacial score (nSPS) is 13.1. The lowest BCUT2D eigenvalue weighted by Gasteiger charge is -2.25. The summed E-state index contributed by atoms with van der Waals surface area (Å²) < 4.78 is 10.9. The summed E-state index contributed by atoms with van der Waals surface area (Å²) >= 11 is 0. The van der Waals surface area contributed by atoms with E-state index in [0.29, 0.717) is 12.6 Å². The minimum atomic E-state index is -0.515. The molecule has 1 heterocycles. The minimum Gasteiger partial charge on any atom is -0.444 e. The predicted octanol–water partition coefficient (Wildman–Crippen LogP) is 3.79. The Labute approximate surface area is 136 Å². The lowest BCUT2D eigenvalue weighted by molar-refractivity contribution is 0.0494. The van der Waals surface area contributed by atoms with Gasteiger partial charge in [-0.05, 0) is 38.8 Å². The Morgan fingerprint density at radius 1 is 1.30 bits per heavy atom. The fraction of sp³-hybridized carbons (Fsp3) is 0.529. The van der Waals surface area contributed by atoms with Gasteiger partial charge in [0.2, 0.25) is 0 Å². The maximum absolute atomic E-state index is 11.9. The Balaban J connectivity index is 1.95. The number of carbonyl (C=O) groups excluding carboxylic acids is 1. The van der Waals surface area contributed by atoms with Crippen LogP contribution in [-0.2, 0) is 4.74 Å². The van der Waals surface area contributed by atoms with Gasteiger partial charge in [-0.25, -0.2) is 4.79 Å². The van der Waals surface area contributed by atoms with Crippen molar-refractivity contribution in [2.75, 3.05) is 11.9 Å². The molecule has 6 nitrogen and oxygen atoms in total. The van der Waals surface area contributed by atoms with Gasteiger partial charge in [0.25, 0.3) is 6.01 Å². The first kappa shape index (κ1) is 17.1.